The minimum Gasteiger partial charge on any atom is -0.338 e. The van der Waals surface area contributed by atoms with Crippen molar-refractivity contribution in [3.8, 4) is 0 Å². The van der Waals surface area contributed by atoms with Gasteiger partial charge in [0.25, 0.3) is 0 Å². The molecule has 1 aromatic heterocycles. The molecule has 1 N–H and O–H groups in total. The molecule has 1 unspecified atom stereocenters. The van der Waals surface area contributed by atoms with Gasteiger partial charge in [0.15, 0.2) is 5.82 Å². The Labute approximate surface area is 93.2 Å². The Bertz CT molecular complexity index is 331. The molecule has 4 nitrogen and oxygen atoms in total. The molecule has 0 radical (unpaired) electrons. The van der Waals surface area contributed by atoms with Gasteiger partial charge < -0.3 is 9.84 Å². The molecular formula is C10H15N3OS. The zero-order valence-electron chi connectivity index (χ0n) is 8.61. The third-order valence-corrected chi connectivity index (χ3v) is 4.19. The normalized spacial score (nSPS) is 26.0. The van der Waals surface area contributed by atoms with Crippen molar-refractivity contribution in [2.75, 3.05) is 5.75 Å². The summed E-state index contributed by atoms with van der Waals surface area (Å²) in [6, 6.07) is 0.696. The fraction of sp³-hybridized carbons (Fsp3) is 0.800. The van der Waals surface area contributed by atoms with Crippen LogP contribution in [0.1, 0.15) is 42.6 Å². The fourth-order valence-corrected chi connectivity index (χ4v) is 2.97. The van der Waals surface area contributed by atoms with Crippen LogP contribution < -0.4 is 5.32 Å². The second-order valence-electron chi connectivity index (χ2n) is 4.20. The fourth-order valence-electron chi connectivity index (χ4n) is 1.77. The second kappa shape index (κ2) is 4.14. The van der Waals surface area contributed by atoms with Crippen LogP contribution in [0, 0.1) is 0 Å². The van der Waals surface area contributed by atoms with Crippen molar-refractivity contribution in [1.29, 1.82) is 0 Å². The lowest BCUT2D eigenvalue weighted by Crippen LogP contribution is -2.15. The molecule has 0 amide bonds. The average Bonchev–Trinajstić information content (AvgIpc) is 2.78. The molecule has 2 fully saturated rings. The zero-order valence-corrected chi connectivity index (χ0v) is 9.42. The Balaban J connectivity index is 1.59. The molecule has 3 rings (SSSR count). The molecule has 1 saturated carbocycles. The molecular weight excluding hydrogens is 210 g/mol. The van der Waals surface area contributed by atoms with E-state index >= 15 is 0 Å². The second-order valence-corrected chi connectivity index (χ2v) is 5.51. The maximum Gasteiger partial charge on any atom is 0.240 e. The number of hydrogen-bond acceptors (Lipinski definition) is 5. The van der Waals surface area contributed by atoms with Crippen LogP contribution in [-0.2, 0) is 6.54 Å². The summed E-state index contributed by atoms with van der Waals surface area (Å²) in [4.78, 5) is 4.43. The van der Waals surface area contributed by atoms with Gasteiger partial charge >= 0.3 is 0 Å². The van der Waals surface area contributed by atoms with E-state index in [0.29, 0.717) is 11.3 Å². The number of thioether (sulfide) groups is 1. The van der Waals surface area contributed by atoms with Crippen LogP contribution >= 0.6 is 11.8 Å². The molecule has 0 aromatic carbocycles. The van der Waals surface area contributed by atoms with Crippen molar-refractivity contribution in [2.45, 2.75) is 43.5 Å². The van der Waals surface area contributed by atoms with Gasteiger partial charge in [-0.1, -0.05) is 5.16 Å². The van der Waals surface area contributed by atoms with E-state index in [9.17, 15) is 0 Å². The summed E-state index contributed by atoms with van der Waals surface area (Å²) >= 11 is 1.94. The predicted molar refractivity (Wildman–Crippen MR) is 58.6 cm³/mol. The Morgan fingerprint density at radius 3 is 3.07 bits per heavy atom. The van der Waals surface area contributed by atoms with Crippen LogP contribution in [0.25, 0.3) is 0 Å². The first-order valence-corrected chi connectivity index (χ1v) is 6.64. The summed E-state index contributed by atoms with van der Waals surface area (Å²) < 4.78 is 5.22. The molecule has 15 heavy (non-hydrogen) atoms. The van der Waals surface area contributed by atoms with E-state index in [0.717, 1.165) is 18.3 Å². The molecule has 1 saturated heterocycles. The molecule has 5 heteroatoms. The summed E-state index contributed by atoms with van der Waals surface area (Å²) in [5, 5.41) is 7.90. The van der Waals surface area contributed by atoms with Crippen LogP contribution in [0.5, 0.6) is 0 Å². The van der Waals surface area contributed by atoms with Gasteiger partial charge in [0.1, 0.15) is 0 Å². The highest BCUT2D eigenvalue weighted by atomic mass is 32.2. The SMILES string of the molecule is C1CSC(c2noc(CNC3CC3)n2)C1. The molecule has 1 aliphatic carbocycles. The number of hydrogen-bond donors (Lipinski definition) is 1. The van der Waals surface area contributed by atoms with Gasteiger partial charge in [0.2, 0.25) is 5.89 Å². The minimum atomic E-state index is 0.475. The van der Waals surface area contributed by atoms with E-state index in [2.05, 4.69) is 15.5 Å². The first-order valence-electron chi connectivity index (χ1n) is 5.59. The molecule has 2 aliphatic rings. The highest BCUT2D eigenvalue weighted by molar-refractivity contribution is 7.99. The van der Waals surface area contributed by atoms with Gasteiger partial charge in [-0.25, -0.2) is 0 Å². The Morgan fingerprint density at radius 2 is 2.33 bits per heavy atom. The van der Waals surface area contributed by atoms with Crippen LogP contribution in [0.4, 0.5) is 0 Å². The van der Waals surface area contributed by atoms with Gasteiger partial charge in [-0.15, -0.1) is 0 Å². The summed E-state index contributed by atoms with van der Waals surface area (Å²) in [6.45, 7) is 0.731. The lowest BCUT2D eigenvalue weighted by Gasteiger charge is -1.99. The highest BCUT2D eigenvalue weighted by Gasteiger charge is 2.24. The van der Waals surface area contributed by atoms with E-state index in [4.69, 9.17) is 4.52 Å². The summed E-state index contributed by atoms with van der Waals surface area (Å²) in [5.74, 6) is 2.86. The van der Waals surface area contributed by atoms with Crippen molar-refractivity contribution in [1.82, 2.24) is 15.5 Å². The van der Waals surface area contributed by atoms with E-state index < -0.39 is 0 Å². The minimum absolute atomic E-state index is 0.475. The van der Waals surface area contributed by atoms with Crippen molar-refractivity contribution in [3.63, 3.8) is 0 Å². The quantitative estimate of drug-likeness (QED) is 0.848. The Kier molecular flexibility index (Phi) is 2.66. The summed E-state index contributed by atoms with van der Waals surface area (Å²) in [5.41, 5.74) is 0. The van der Waals surface area contributed by atoms with Crippen LogP contribution in [-0.4, -0.2) is 21.9 Å². The van der Waals surface area contributed by atoms with Gasteiger partial charge in [-0.3, -0.25) is 0 Å². The molecule has 1 atom stereocenters. The summed E-state index contributed by atoms with van der Waals surface area (Å²) in [7, 11) is 0. The summed E-state index contributed by atoms with van der Waals surface area (Å²) in [6.07, 6.45) is 5.05. The topological polar surface area (TPSA) is 51.0 Å². The average molecular weight is 225 g/mol. The van der Waals surface area contributed by atoms with E-state index in [1.807, 2.05) is 11.8 Å². The van der Waals surface area contributed by atoms with Crippen LogP contribution in [0.15, 0.2) is 4.52 Å². The standard InChI is InChI=1S/C10H15N3OS/c1-2-8(15-5-1)10-12-9(14-13-10)6-11-7-3-4-7/h7-8,11H,1-6H2. The van der Waals surface area contributed by atoms with Crippen molar-refractivity contribution >= 4 is 11.8 Å². The first-order chi connectivity index (χ1) is 7.42. The van der Waals surface area contributed by atoms with Crippen molar-refractivity contribution in [3.05, 3.63) is 11.7 Å². The third-order valence-electron chi connectivity index (χ3n) is 2.82. The number of nitrogens with zero attached hydrogens (tertiary/aromatic N) is 2. The number of aromatic nitrogens is 2. The Hall–Kier alpha value is -0.550. The molecule has 1 aromatic rings. The van der Waals surface area contributed by atoms with Gasteiger partial charge in [0, 0.05) is 6.04 Å². The van der Waals surface area contributed by atoms with Gasteiger partial charge in [-0.05, 0) is 31.4 Å². The molecule has 2 heterocycles. The smallest absolute Gasteiger partial charge is 0.240 e. The van der Waals surface area contributed by atoms with Crippen LogP contribution in [0.2, 0.25) is 0 Å². The molecule has 0 spiro atoms. The number of rotatable bonds is 4. The first kappa shape index (κ1) is 9.66. The molecule has 1 aliphatic heterocycles. The molecule has 0 bridgehead atoms. The van der Waals surface area contributed by atoms with Crippen molar-refractivity contribution < 1.29 is 4.52 Å². The molecule has 82 valence electrons. The zero-order chi connectivity index (χ0) is 10.1. The van der Waals surface area contributed by atoms with Gasteiger partial charge in [0.05, 0.1) is 11.8 Å². The maximum atomic E-state index is 5.22. The number of nitrogens with one attached hydrogen (secondary N) is 1. The van der Waals surface area contributed by atoms with Crippen LogP contribution in [0.3, 0.4) is 0 Å². The lowest BCUT2D eigenvalue weighted by molar-refractivity contribution is 0.362. The van der Waals surface area contributed by atoms with Gasteiger partial charge in [-0.2, -0.15) is 16.7 Å². The third kappa shape index (κ3) is 2.34. The predicted octanol–water partition coefficient (Wildman–Crippen LogP) is 1.89. The van der Waals surface area contributed by atoms with Crippen molar-refractivity contribution in [2.24, 2.45) is 0 Å². The maximum absolute atomic E-state index is 5.22. The van der Waals surface area contributed by atoms with E-state index in [1.165, 1.54) is 31.4 Å². The van der Waals surface area contributed by atoms with E-state index in [-0.39, 0.29) is 0 Å². The highest BCUT2D eigenvalue weighted by Crippen LogP contribution is 2.38. The monoisotopic (exact) mass is 225 g/mol. The largest absolute Gasteiger partial charge is 0.338 e. The lowest BCUT2D eigenvalue weighted by atomic mass is 10.2. The van der Waals surface area contributed by atoms with E-state index in [1.54, 1.807) is 0 Å². The Morgan fingerprint density at radius 1 is 1.40 bits per heavy atom.